The van der Waals surface area contributed by atoms with Crippen LogP contribution in [0.5, 0.6) is 11.5 Å². The predicted molar refractivity (Wildman–Crippen MR) is 92.5 cm³/mol. The molecule has 0 N–H and O–H groups in total. The molecule has 0 atom stereocenters. The van der Waals surface area contributed by atoms with Gasteiger partial charge in [-0.25, -0.2) is 0 Å². The standard InChI is InChI=1S/C18H21NO3S/c1-12(2)11-19(3)18(20)17-7-6-16(23-17)13-4-5-14-15(10-13)22-9-8-21-14/h4-7,10,12H,8-9,11H2,1-3H3. The molecule has 5 heteroatoms. The van der Waals surface area contributed by atoms with Gasteiger partial charge in [0.05, 0.1) is 4.88 Å². The molecule has 3 rings (SSSR count). The highest BCUT2D eigenvalue weighted by molar-refractivity contribution is 7.17. The number of amides is 1. The lowest BCUT2D eigenvalue weighted by Crippen LogP contribution is -2.29. The van der Waals surface area contributed by atoms with Crippen LogP contribution in [-0.2, 0) is 0 Å². The zero-order chi connectivity index (χ0) is 16.4. The van der Waals surface area contributed by atoms with Gasteiger partial charge in [0.15, 0.2) is 11.5 Å². The second-order valence-electron chi connectivity index (χ2n) is 6.10. The van der Waals surface area contributed by atoms with Crippen molar-refractivity contribution in [1.82, 2.24) is 4.90 Å². The van der Waals surface area contributed by atoms with Crippen molar-refractivity contribution < 1.29 is 14.3 Å². The highest BCUT2D eigenvalue weighted by Crippen LogP contribution is 2.37. The van der Waals surface area contributed by atoms with Crippen molar-refractivity contribution in [1.29, 1.82) is 0 Å². The van der Waals surface area contributed by atoms with E-state index < -0.39 is 0 Å². The summed E-state index contributed by atoms with van der Waals surface area (Å²) in [6.45, 7) is 6.14. The first-order valence-corrected chi connectivity index (χ1v) is 8.61. The molecule has 2 heterocycles. The number of hydrogen-bond donors (Lipinski definition) is 0. The maximum Gasteiger partial charge on any atom is 0.263 e. The van der Waals surface area contributed by atoms with E-state index in [0.717, 1.165) is 33.4 Å². The molecule has 0 bridgehead atoms. The van der Waals surface area contributed by atoms with Gasteiger partial charge in [-0.3, -0.25) is 4.79 Å². The lowest BCUT2D eigenvalue weighted by Gasteiger charge is -2.19. The Morgan fingerprint density at radius 3 is 2.65 bits per heavy atom. The third kappa shape index (κ3) is 3.50. The first-order chi connectivity index (χ1) is 11.0. The van der Waals surface area contributed by atoms with Crippen molar-refractivity contribution in [2.75, 3.05) is 26.8 Å². The Morgan fingerprint density at radius 2 is 1.91 bits per heavy atom. The quantitative estimate of drug-likeness (QED) is 0.852. The number of carbonyl (C=O) groups is 1. The first kappa shape index (κ1) is 15.9. The summed E-state index contributed by atoms with van der Waals surface area (Å²) in [4.78, 5) is 16.1. The summed E-state index contributed by atoms with van der Waals surface area (Å²) in [7, 11) is 1.85. The minimum atomic E-state index is 0.0764. The Hall–Kier alpha value is -2.01. The average molecular weight is 331 g/mol. The largest absolute Gasteiger partial charge is 0.486 e. The summed E-state index contributed by atoms with van der Waals surface area (Å²) in [5.74, 6) is 2.09. The topological polar surface area (TPSA) is 38.8 Å². The van der Waals surface area contributed by atoms with Crippen LogP contribution in [0.2, 0.25) is 0 Å². The van der Waals surface area contributed by atoms with Gasteiger partial charge in [-0.1, -0.05) is 13.8 Å². The molecular weight excluding hydrogens is 310 g/mol. The Labute approximate surface area is 140 Å². The molecule has 0 spiro atoms. The van der Waals surface area contributed by atoms with Gasteiger partial charge in [-0.05, 0) is 41.8 Å². The van der Waals surface area contributed by atoms with Crippen molar-refractivity contribution in [3.05, 3.63) is 35.2 Å². The van der Waals surface area contributed by atoms with Gasteiger partial charge in [-0.2, -0.15) is 0 Å². The first-order valence-electron chi connectivity index (χ1n) is 7.80. The van der Waals surface area contributed by atoms with Gasteiger partial charge in [0.2, 0.25) is 0 Å². The molecule has 0 saturated heterocycles. The van der Waals surface area contributed by atoms with Gasteiger partial charge < -0.3 is 14.4 Å². The fraction of sp³-hybridized carbons (Fsp3) is 0.389. The number of nitrogens with zero attached hydrogens (tertiary/aromatic N) is 1. The van der Waals surface area contributed by atoms with Crippen molar-refractivity contribution in [3.63, 3.8) is 0 Å². The van der Waals surface area contributed by atoms with Crippen LogP contribution in [-0.4, -0.2) is 37.6 Å². The van der Waals surface area contributed by atoms with E-state index in [2.05, 4.69) is 13.8 Å². The number of ether oxygens (including phenoxy) is 2. The van der Waals surface area contributed by atoms with Crippen molar-refractivity contribution in [2.24, 2.45) is 5.92 Å². The van der Waals surface area contributed by atoms with Crippen molar-refractivity contribution >= 4 is 17.2 Å². The fourth-order valence-electron chi connectivity index (χ4n) is 2.62. The molecule has 2 aromatic rings. The highest BCUT2D eigenvalue weighted by atomic mass is 32.1. The van der Waals surface area contributed by atoms with E-state index in [-0.39, 0.29) is 5.91 Å². The predicted octanol–water partition coefficient (Wildman–Crippen LogP) is 3.91. The lowest BCUT2D eigenvalue weighted by atomic mass is 10.1. The van der Waals surface area contributed by atoms with Crippen LogP contribution in [0.3, 0.4) is 0 Å². The minimum absolute atomic E-state index is 0.0764. The van der Waals surface area contributed by atoms with Crippen molar-refractivity contribution in [3.8, 4) is 21.9 Å². The maximum absolute atomic E-state index is 12.4. The molecule has 1 aromatic heterocycles. The minimum Gasteiger partial charge on any atom is -0.486 e. The molecule has 1 amide bonds. The van der Waals surface area contributed by atoms with Gasteiger partial charge in [-0.15, -0.1) is 11.3 Å². The van der Waals surface area contributed by atoms with Crippen LogP contribution in [0.15, 0.2) is 30.3 Å². The Morgan fingerprint density at radius 1 is 1.17 bits per heavy atom. The second-order valence-corrected chi connectivity index (χ2v) is 7.19. The summed E-state index contributed by atoms with van der Waals surface area (Å²) in [6, 6.07) is 9.80. The molecule has 1 aliphatic rings. The van der Waals surface area contributed by atoms with Crippen LogP contribution < -0.4 is 9.47 Å². The number of carbonyl (C=O) groups excluding carboxylic acids is 1. The zero-order valence-corrected chi connectivity index (χ0v) is 14.5. The smallest absolute Gasteiger partial charge is 0.263 e. The normalized spacial score (nSPS) is 13.2. The van der Waals surface area contributed by atoms with E-state index in [1.807, 2.05) is 37.4 Å². The lowest BCUT2D eigenvalue weighted by molar-refractivity contribution is 0.0784. The van der Waals surface area contributed by atoms with E-state index in [9.17, 15) is 4.79 Å². The summed E-state index contributed by atoms with van der Waals surface area (Å²) in [5.41, 5.74) is 1.05. The molecule has 1 aliphatic heterocycles. The molecule has 23 heavy (non-hydrogen) atoms. The van der Waals surface area contributed by atoms with Crippen LogP contribution in [0, 0.1) is 5.92 Å². The third-order valence-electron chi connectivity index (χ3n) is 3.63. The molecule has 4 nitrogen and oxygen atoms in total. The monoisotopic (exact) mass is 331 g/mol. The Kier molecular flexibility index (Phi) is 4.57. The van der Waals surface area contributed by atoms with Crippen molar-refractivity contribution in [2.45, 2.75) is 13.8 Å². The molecule has 0 fully saturated rings. The van der Waals surface area contributed by atoms with Crippen LogP contribution in [0.4, 0.5) is 0 Å². The number of thiophene rings is 1. The zero-order valence-electron chi connectivity index (χ0n) is 13.7. The fourth-order valence-corrected chi connectivity index (χ4v) is 3.62. The van der Waals surface area contributed by atoms with Crippen LogP contribution >= 0.6 is 11.3 Å². The van der Waals surface area contributed by atoms with Gasteiger partial charge in [0.25, 0.3) is 5.91 Å². The molecule has 0 saturated carbocycles. The van der Waals surface area contributed by atoms with E-state index in [1.54, 1.807) is 4.90 Å². The number of benzene rings is 1. The number of hydrogen-bond acceptors (Lipinski definition) is 4. The molecule has 0 unspecified atom stereocenters. The molecule has 122 valence electrons. The molecular formula is C18H21NO3S. The van der Waals surface area contributed by atoms with E-state index in [0.29, 0.717) is 19.1 Å². The van der Waals surface area contributed by atoms with Gasteiger partial charge in [0, 0.05) is 18.5 Å². The summed E-state index contributed by atoms with van der Waals surface area (Å²) in [5, 5.41) is 0. The van der Waals surface area contributed by atoms with Crippen LogP contribution in [0.1, 0.15) is 23.5 Å². The summed E-state index contributed by atoms with van der Waals surface area (Å²) in [6.07, 6.45) is 0. The third-order valence-corrected chi connectivity index (χ3v) is 4.75. The van der Waals surface area contributed by atoms with E-state index in [4.69, 9.17) is 9.47 Å². The SMILES string of the molecule is CC(C)CN(C)C(=O)c1ccc(-c2ccc3c(c2)OCCO3)s1. The average Bonchev–Trinajstić information content (AvgIpc) is 3.03. The number of fused-ring (bicyclic) bond motifs is 1. The van der Waals surface area contributed by atoms with E-state index in [1.165, 1.54) is 11.3 Å². The molecule has 0 radical (unpaired) electrons. The Balaban J connectivity index is 1.80. The van der Waals surface area contributed by atoms with Crippen LogP contribution in [0.25, 0.3) is 10.4 Å². The maximum atomic E-state index is 12.4. The van der Waals surface area contributed by atoms with E-state index >= 15 is 0 Å². The van der Waals surface area contributed by atoms with Gasteiger partial charge >= 0.3 is 0 Å². The second kappa shape index (κ2) is 6.62. The highest BCUT2D eigenvalue weighted by Gasteiger charge is 2.17. The van der Waals surface area contributed by atoms with Gasteiger partial charge in [0.1, 0.15) is 13.2 Å². The summed E-state index contributed by atoms with van der Waals surface area (Å²) < 4.78 is 11.2. The summed E-state index contributed by atoms with van der Waals surface area (Å²) >= 11 is 1.51. The Bertz CT molecular complexity index is 708. The molecule has 0 aliphatic carbocycles. The molecule has 1 aromatic carbocycles. The number of rotatable bonds is 4.